The lowest BCUT2D eigenvalue weighted by atomic mass is 9.99. The molecular weight excluding hydrogens is 382 g/mol. The number of rotatable bonds is 3. The van der Waals surface area contributed by atoms with Crippen LogP contribution < -0.4 is 14.8 Å². The molecule has 0 saturated carbocycles. The molecule has 0 fully saturated rings. The van der Waals surface area contributed by atoms with Crippen molar-refractivity contribution < 1.29 is 19.1 Å². The first kappa shape index (κ1) is 18.4. The zero-order valence-electron chi connectivity index (χ0n) is 16.4. The Bertz CT molecular complexity index is 1090. The van der Waals surface area contributed by atoms with Crippen LogP contribution in [0.1, 0.15) is 29.5 Å². The molecule has 4 heterocycles. The van der Waals surface area contributed by atoms with Gasteiger partial charge in [0.1, 0.15) is 5.82 Å². The van der Waals surface area contributed by atoms with Gasteiger partial charge in [0.2, 0.25) is 18.6 Å². The minimum absolute atomic E-state index is 0.00765. The highest BCUT2D eigenvalue weighted by molar-refractivity contribution is 5.94. The number of aryl methyl sites for hydroxylation is 1. The zero-order valence-corrected chi connectivity index (χ0v) is 16.4. The van der Waals surface area contributed by atoms with Crippen LogP contribution >= 0.6 is 0 Å². The largest absolute Gasteiger partial charge is 0.454 e. The van der Waals surface area contributed by atoms with E-state index >= 15 is 0 Å². The zero-order chi connectivity index (χ0) is 20.5. The van der Waals surface area contributed by atoms with Gasteiger partial charge in [-0.1, -0.05) is 12.1 Å². The van der Waals surface area contributed by atoms with E-state index in [0.29, 0.717) is 31.7 Å². The first-order valence-corrected chi connectivity index (χ1v) is 10.0. The van der Waals surface area contributed by atoms with Crippen molar-refractivity contribution in [2.45, 2.75) is 19.3 Å². The molecule has 0 saturated heterocycles. The number of fused-ring (bicyclic) bond motifs is 2. The third-order valence-electron chi connectivity index (χ3n) is 5.55. The van der Waals surface area contributed by atoms with Gasteiger partial charge in [-0.25, -0.2) is 4.98 Å². The summed E-state index contributed by atoms with van der Waals surface area (Å²) in [4.78, 5) is 30.1. The second-order valence-corrected chi connectivity index (χ2v) is 7.49. The number of benzene rings is 1. The average molecular weight is 403 g/mol. The van der Waals surface area contributed by atoms with Gasteiger partial charge >= 0.3 is 0 Å². The van der Waals surface area contributed by atoms with Crippen molar-refractivity contribution >= 4 is 29.3 Å². The molecule has 7 heteroatoms. The predicted molar refractivity (Wildman–Crippen MR) is 112 cm³/mol. The lowest BCUT2D eigenvalue weighted by Gasteiger charge is -2.25. The first-order valence-electron chi connectivity index (χ1n) is 10.0. The number of ether oxygens (including phenoxy) is 2. The molecule has 1 aromatic heterocycles. The first-order chi connectivity index (χ1) is 14.7. The topological polar surface area (TPSA) is 80.8 Å². The summed E-state index contributed by atoms with van der Waals surface area (Å²) < 4.78 is 10.8. The number of pyridine rings is 1. The molecule has 0 spiro atoms. The molecule has 3 aliphatic rings. The van der Waals surface area contributed by atoms with Gasteiger partial charge in [0.15, 0.2) is 11.5 Å². The highest BCUT2D eigenvalue weighted by Gasteiger charge is 2.19. The van der Waals surface area contributed by atoms with Crippen molar-refractivity contribution in [3.63, 3.8) is 0 Å². The van der Waals surface area contributed by atoms with Crippen LogP contribution in [0.2, 0.25) is 0 Å². The maximum Gasteiger partial charge on any atom is 0.246 e. The van der Waals surface area contributed by atoms with Crippen LogP contribution in [0.5, 0.6) is 11.5 Å². The molecular formula is C23H21N3O4. The van der Waals surface area contributed by atoms with Gasteiger partial charge in [0, 0.05) is 31.8 Å². The smallest absolute Gasteiger partial charge is 0.246 e. The normalized spacial score (nSPS) is 17.5. The van der Waals surface area contributed by atoms with E-state index in [9.17, 15) is 9.59 Å². The van der Waals surface area contributed by atoms with Crippen molar-refractivity contribution in [3.8, 4) is 11.5 Å². The van der Waals surface area contributed by atoms with E-state index < -0.39 is 0 Å². The fraction of sp³-hybridized carbons (Fsp3) is 0.261. The Morgan fingerprint density at radius 2 is 2.03 bits per heavy atom. The lowest BCUT2D eigenvalue weighted by molar-refractivity contribution is -0.125. The Hall–Kier alpha value is -3.61. The number of amides is 2. The maximum atomic E-state index is 12.6. The highest BCUT2D eigenvalue weighted by Crippen LogP contribution is 2.35. The number of nitrogens with one attached hydrogen (secondary N) is 1. The summed E-state index contributed by atoms with van der Waals surface area (Å²) in [5.74, 6) is 2.13. The Morgan fingerprint density at radius 3 is 2.90 bits per heavy atom. The number of carbonyl (C=O) groups excluding carboxylic acids is 2. The molecule has 30 heavy (non-hydrogen) atoms. The molecule has 152 valence electrons. The molecule has 7 nitrogen and oxygen atoms in total. The number of hydrogen-bond acceptors (Lipinski definition) is 5. The fourth-order valence-electron chi connectivity index (χ4n) is 3.87. The molecule has 0 atom stereocenters. The van der Waals surface area contributed by atoms with E-state index in [1.165, 1.54) is 5.57 Å². The third-order valence-corrected chi connectivity index (χ3v) is 5.55. The summed E-state index contributed by atoms with van der Waals surface area (Å²) in [7, 11) is 0. The molecule has 0 unspecified atom stereocenters. The van der Waals surface area contributed by atoms with Crippen molar-refractivity contribution in [3.05, 3.63) is 59.3 Å². The minimum Gasteiger partial charge on any atom is -0.454 e. The van der Waals surface area contributed by atoms with Crippen LogP contribution in [0.4, 0.5) is 5.82 Å². The number of anilines is 1. The molecule has 5 rings (SSSR count). The average Bonchev–Trinajstić information content (AvgIpc) is 3.25. The number of nitrogens with zero attached hydrogens (tertiary/aromatic N) is 2. The minimum atomic E-state index is -0.0259. The third kappa shape index (κ3) is 3.66. The Labute approximate surface area is 174 Å². The number of carbonyl (C=O) groups is 2. The summed E-state index contributed by atoms with van der Waals surface area (Å²) in [6, 6.07) is 7.93. The molecule has 0 bridgehead atoms. The Kier molecular flexibility index (Phi) is 4.71. The van der Waals surface area contributed by atoms with E-state index in [0.717, 1.165) is 34.6 Å². The van der Waals surface area contributed by atoms with E-state index in [2.05, 4.69) is 16.4 Å². The van der Waals surface area contributed by atoms with Crippen molar-refractivity contribution in [2.24, 2.45) is 0 Å². The van der Waals surface area contributed by atoms with E-state index in [1.54, 1.807) is 18.3 Å². The molecule has 3 aliphatic heterocycles. The fourth-order valence-corrected chi connectivity index (χ4v) is 3.87. The molecule has 2 aromatic rings. The van der Waals surface area contributed by atoms with Crippen LogP contribution in [0.15, 0.2) is 42.6 Å². The van der Waals surface area contributed by atoms with Crippen LogP contribution in [-0.2, 0) is 16.0 Å². The van der Waals surface area contributed by atoms with E-state index in [-0.39, 0.29) is 18.6 Å². The SMILES string of the molecule is O=C1CCc2cc(/C=C/C(=O)N3CC=C(c4ccc5c(c4)OCO5)CC3)cnc2N1. The second kappa shape index (κ2) is 7.67. The summed E-state index contributed by atoms with van der Waals surface area (Å²) in [5, 5.41) is 2.76. The van der Waals surface area contributed by atoms with Crippen molar-refractivity contribution in [1.82, 2.24) is 9.88 Å². The summed E-state index contributed by atoms with van der Waals surface area (Å²) in [6.07, 6.45) is 9.06. The van der Waals surface area contributed by atoms with Gasteiger partial charge in [-0.05, 0) is 59.4 Å². The summed E-state index contributed by atoms with van der Waals surface area (Å²) in [5.41, 5.74) is 4.17. The second-order valence-electron chi connectivity index (χ2n) is 7.49. The molecule has 2 amide bonds. The molecule has 1 aromatic carbocycles. The van der Waals surface area contributed by atoms with Crippen molar-refractivity contribution in [2.75, 3.05) is 25.2 Å². The van der Waals surface area contributed by atoms with Gasteiger partial charge in [-0.3, -0.25) is 9.59 Å². The van der Waals surface area contributed by atoms with Crippen molar-refractivity contribution in [1.29, 1.82) is 0 Å². The summed E-state index contributed by atoms with van der Waals surface area (Å²) >= 11 is 0. The van der Waals surface area contributed by atoms with Crippen LogP contribution in [0.3, 0.4) is 0 Å². The predicted octanol–water partition coefficient (Wildman–Crippen LogP) is 3.02. The maximum absolute atomic E-state index is 12.6. The number of aromatic nitrogens is 1. The monoisotopic (exact) mass is 403 g/mol. The van der Waals surface area contributed by atoms with Gasteiger partial charge in [0.25, 0.3) is 0 Å². The van der Waals surface area contributed by atoms with Gasteiger partial charge in [-0.2, -0.15) is 0 Å². The Balaban J connectivity index is 1.23. The van der Waals surface area contributed by atoms with Crippen LogP contribution in [-0.4, -0.2) is 41.6 Å². The van der Waals surface area contributed by atoms with E-state index in [1.807, 2.05) is 29.2 Å². The van der Waals surface area contributed by atoms with Crippen LogP contribution in [0, 0.1) is 0 Å². The standard InChI is InChI=1S/C23H21N3O4/c27-21-5-3-18-11-15(13-24-23(18)25-21)1-6-22(28)26-9-7-16(8-10-26)17-2-4-19-20(12-17)30-14-29-19/h1-2,4,6-7,11-13H,3,5,8-10,14H2,(H,24,25,27)/b6-1+. The summed E-state index contributed by atoms with van der Waals surface area (Å²) in [6.45, 7) is 1.50. The number of hydrogen-bond donors (Lipinski definition) is 1. The van der Waals surface area contributed by atoms with Crippen LogP contribution in [0.25, 0.3) is 11.6 Å². The highest BCUT2D eigenvalue weighted by atomic mass is 16.7. The van der Waals surface area contributed by atoms with Gasteiger partial charge in [-0.15, -0.1) is 0 Å². The molecule has 0 aliphatic carbocycles. The Morgan fingerprint density at radius 1 is 1.13 bits per heavy atom. The van der Waals surface area contributed by atoms with Gasteiger partial charge < -0.3 is 19.7 Å². The quantitative estimate of drug-likeness (QED) is 0.797. The van der Waals surface area contributed by atoms with Gasteiger partial charge in [0.05, 0.1) is 0 Å². The van der Waals surface area contributed by atoms with E-state index in [4.69, 9.17) is 9.47 Å². The molecule has 0 radical (unpaired) electrons. The lowest BCUT2D eigenvalue weighted by Crippen LogP contribution is -2.33. The molecule has 1 N–H and O–H groups in total.